The molecule has 0 spiro atoms. The fraction of sp³-hybridized carbons (Fsp3) is 0.917. The summed E-state index contributed by atoms with van der Waals surface area (Å²) in [5, 5.41) is 165. The molecule has 0 unspecified atom stereocenters. The lowest BCUT2D eigenvalue weighted by Crippen LogP contribution is -2.67. The van der Waals surface area contributed by atoms with Crippen molar-refractivity contribution in [2.24, 2.45) is 0 Å². The maximum absolute atomic E-state index is 12.2. The molecule has 4 heterocycles. The molecule has 4 fully saturated rings. The number of rotatable bonds is 20. The van der Waals surface area contributed by atoms with Crippen molar-refractivity contribution in [2.75, 3.05) is 39.6 Å². The van der Waals surface area contributed by atoms with Crippen LogP contribution in [-0.4, -0.2) is 281 Å². The van der Waals surface area contributed by atoms with E-state index < -0.39 is 204 Å². The van der Waals surface area contributed by atoms with E-state index in [-0.39, 0.29) is 0 Å². The Morgan fingerprint density at radius 2 is 1.00 bits per heavy atom. The largest absolute Gasteiger partial charge is 0.394 e. The van der Waals surface area contributed by atoms with Crippen LogP contribution in [-0.2, 0) is 52.3 Å². The van der Waals surface area contributed by atoms with Crippen molar-refractivity contribution in [3.8, 4) is 0 Å². The van der Waals surface area contributed by atoms with Crippen molar-refractivity contribution >= 4 is 17.7 Å². The normalized spacial score (nSPS) is 42.0. The molecule has 3 amide bonds. The highest BCUT2D eigenvalue weighted by atomic mass is 16.7. The van der Waals surface area contributed by atoms with Gasteiger partial charge < -0.3 is 130 Å². The van der Waals surface area contributed by atoms with Gasteiger partial charge in [0.05, 0.1) is 45.7 Å². The van der Waals surface area contributed by atoms with E-state index in [0.717, 1.165) is 20.8 Å². The fourth-order valence-electron chi connectivity index (χ4n) is 7.64. The summed E-state index contributed by atoms with van der Waals surface area (Å²) < 4.78 is 44.9. The van der Waals surface area contributed by atoms with Gasteiger partial charge in [-0.2, -0.15) is 0 Å². The third-order valence-electron chi connectivity index (χ3n) is 11.1. The molecule has 29 nitrogen and oxygen atoms in total. The second-order valence-electron chi connectivity index (χ2n) is 16.0. The molecule has 0 aromatic heterocycles. The van der Waals surface area contributed by atoms with E-state index in [1.165, 1.54) is 0 Å². The van der Waals surface area contributed by atoms with Gasteiger partial charge in [0.2, 0.25) is 17.7 Å². The van der Waals surface area contributed by atoms with E-state index in [1.807, 2.05) is 0 Å². The minimum Gasteiger partial charge on any atom is -0.394 e. The highest BCUT2D eigenvalue weighted by Gasteiger charge is 2.53. The van der Waals surface area contributed by atoms with Gasteiger partial charge >= 0.3 is 0 Å². The van der Waals surface area contributed by atoms with Crippen LogP contribution in [0.3, 0.4) is 0 Å². The molecule has 0 radical (unpaired) electrons. The summed E-state index contributed by atoms with van der Waals surface area (Å²) in [4.78, 5) is 36.2. The van der Waals surface area contributed by atoms with E-state index in [4.69, 9.17) is 37.9 Å². The summed E-state index contributed by atoms with van der Waals surface area (Å²) >= 11 is 0. The first-order valence-corrected chi connectivity index (χ1v) is 20.5. The first kappa shape index (κ1) is 55.1. The first-order chi connectivity index (χ1) is 30.6. The summed E-state index contributed by atoms with van der Waals surface area (Å²) in [6, 6.07) is -4.67. The first-order valence-electron chi connectivity index (χ1n) is 20.5. The molecule has 378 valence electrons. The molecule has 0 saturated carbocycles. The molecule has 0 aromatic carbocycles. The maximum Gasteiger partial charge on any atom is 0.217 e. The van der Waals surface area contributed by atoms with Crippen molar-refractivity contribution in [1.82, 2.24) is 16.0 Å². The molecule has 0 aliphatic carbocycles. The second kappa shape index (κ2) is 24.7. The summed E-state index contributed by atoms with van der Waals surface area (Å²) in [5.74, 6) is -2.26. The van der Waals surface area contributed by atoms with Gasteiger partial charge in [-0.3, -0.25) is 14.4 Å². The third kappa shape index (κ3) is 13.4. The predicted octanol–water partition coefficient (Wildman–Crippen LogP) is -11.9. The van der Waals surface area contributed by atoms with Crippen LogP contribution in [0.2, 0.25) is 0 Å². The maximum atomic E-state index is 12.2. The summed E-state index contributed by atoms with van der Waals surface area (Å²) in [6.07, 6.45) is -38.4. The van der Waals surface area contributed by atoms with Gasteiger partial charge in [0, 0.05) is 20.8 Å². The van der Waals surface area contributed by atoms with Crippen LogP contribution in [0.1, 0.15) is 20.8 Å². The molecular formula is C36H63N3O26. The highest BCUT2D eigenvalue weighted by molar-refractivity contribution is 5.74. The minimum absolute atomic E-state index is 0.684. The summed E-state index contributed by atoms with van der Waals surface area (Å²) in [7, 11) is 0. The van der Waals surface area contributed by atoms with Crippen molar-refractivity contribution in [2.45, 2.75) is 168 Å². The van der Waals surface area contributed by atoms with Crippen molar-refractivity contribution in [1.29, 1.82) is 0 Å². The van der Waals surface area contributed by atoms with Crippen LogP contribution in [0.4, 0.5) is 0 Å². The molecule has 4 aliphatic heterocycles. The van der Waals surface area contributed by atoms with Gasteiger partial charge in [-0.25, -0.2) is 0 Å². The Morgan fingerprint density at radius 3 is 1.52 bits per heavy atom. The van der Waals surface area contributed by atoms with E-state index in [0.29, 0.717) is 0 Å². The Labute approximate surface area is 369 Å². The van der Waals surface area contributed by atoms with Gasteiger partial charge in [-0.15, -0.1) is 0 Å². The Bertz CT molecular complexity index is 1510. The Hall–Kier alpha value is -2.51. The molecule has 4 saturated heterocycles. The molecule has 65 heavy (non-hydrogen) atoms. The lowest BCUT2D eigenvalue weighted by molar-refractivity contribution is -0.350. The Balaban J connectivity index is 1.51. The lowest BCUT2D eigenvalue weighted by Gasteiger charge is -2.47. The van der Waals surface area contributed by atoms with Gasteiger partial charge in [-0.05, 0) is 0 Å². The Kier molecular flexibility index (Phi) is 20.9. The number of hydrogen-bond donors (Lipinski definition) is 18. The second-order valence-corrected chi connectivity index (χ2v) is 16.0. The minimum atomic E-state index is -2.24. The van der Waals surface area contributed by atoms with Crippen LogP contribution in [0.15, 0.2) is 0 Å². The summed E-state index contributed by atoms with van der Waals surface area (Å²) in [6.45, 7) is -2.17. The van der Waals surface area contributed by atoms with Gasteiger partial charge in [0.15, 0.2) is 25.2 Å². The van der Waals surface area contributed by atoms with Gasteiger partial charge in [-0.1, -0.05) is 0 Å². The topological polar surface area (TPSA) is 465 Å². The van der Waals surface area contributed by atoms with E-state index in [1.54, 1.807) is 0 Å². The monoisotopic (exact) mass is 953 g/mol. The van der Waals surface area contributed by atoms with Crippen LogP contribution in [0.5, 0.6) is 0 Å². The number of ether oxygens (including phenoxy) is 8. The van der Waals surface area contributed by atoms with Crippen molar-refractivity contribution in [3.63, 3.8) is 0 Å². The Morgan fingerprint density at radius 1 is 0.538 bits per heavy atom. The quantitative estimate of drug-likeness (QED) is 0.0539. The van der Waals surface area contributed by atoms with Crippen LogP contribution in [0, 0.1) is 0 Å². The zero-order chi connectivity index (χ0) is 48.6. The number of amides is 3. The average molecular weight is 954 g/mol. The number of nitrogens with one attached hydrogen (secondary N) is 3. The molecule has 18 N–H and O–H groups in total. The van der Waals surface area contributed by atoms with Crippen molar-refractivity contribution < 1.29 is 129 Å². The average Bonchev–Trinajstić information content (AvgIpc) is 3.26. The van der Waals surface area contributed by atoms with Gasteiger partial charge in [0.25, 0.3) is 0 Å². The van der Waals surface area contributed by atoms with E-state index in [9.17, 15) is 91.0 Å². The van der Waals surface area contributed by atoms with Crippen molar-refractivity contribution in [3.05, 3.63) is 0 Å². The summed E-state index contributed by atoms with van der Waals surface area (Å²) in [5.41, 5.74) is 0. The SMILES string of the molecule is CC(=O)N[C@H]1[C@H](OC[C@@H](O)[C@H](O)[C@H](O[C@@H]2O[C@H](CO[C@@H]3O[C@H](CO)[C@@H](O)[C@H](O)[C@H]3NC(C)=O)[C@H](O)[C@H](O)[C@H]2O)[C@H](CO)NC(C)=O)O[C@H](CO)[C@@H](O[C@@H]2O[C@H](CO)[C@H](O)[C@H](O)[C@H]2O)[C@@H]1O. The number of aliphatic hydroxyl groups excluding tert-OH is 15. The van der Waals surface area contributed by atoms with E-state index >= 15 is 0 Å². The zero-order valence-corrected chi connectivity index (χ0v) is 35.3. The van der Waals surface area contributed by atoms with Crippen LogP contribution in [0.25, 0.3) is 0 Å². The fourth-order valence-corrected chi connectivity index (χ4v) is 7.64. The van der Waals surface area contributed by atoms with E-state index in [2.05, 4.69) is 16.0 Å². The molecule has 0 bridgehead atoms. The molecule has 0 aromatic rings. The number of carbonyl (C=O) groups is 3. The molecule has 29 heteroatoms. The molecule has 24 atom stereocenters. The lowest BCUT2D eigenvalue weighted by atomic mass is 9.95. The van der Waals surface area contributed by atoms with Gasteiger partial charge in [0.1, 0.15) is 116 Å². The smallest absolute Gasteiger partial charge is 0.217 e. The molecule has 4 aliphatic rings. The number of aliphatic hydroxyl groups is 15. The molecule has 4 rings (SSSR count). The van der Waals surface area contributed by atoms with Crippen LogP contribution >= 0.6 is 0 Å². The molecular weight excluding hydrogens is 890 g/mol. The predicted molar refractivity (Wildman–Crippen MR) is 204 cm³/mol. The highest BCUT2D eigenvalue weighted by Crippen LogP contribution is 2.31. The third-order valence-corrected chi connectivity index (χ3v) is 11.1. The number of hydrogen-bond acceptors (Lipinski definition) is 26. The zero-order valence-electron chi connectivity index (χ0n) is 35.3. The standard InChI is InChI=1S/C36H63N3O26/c1-10(44)37-13(4-40)31(64-36-30(57)28(55)24(51)18(63-36)9-59-33-19(38-11(2)45)25(52)22(49)15(5-41)60-33)21(48)14(47)8-58-34-20(39-12(3)46)26(53)32(17(7-43)62-34)65-35-29(56)27(54)23(50)16(6-42)61-35/h13-36,40-43,47-57H,4-9H2,1-3H3,(H,37,44)(H,38,45)(H,39,46)/t13-,14+,15+,16+,17+,18+,19+,20+,21-,22+,23-,24-,25+,26+,27-,28-,29+,30+,31+,32+,33+,34+,35-,36-/m0/s1. The van der Waals surface area contributed by atoms with Crippen LogP contribution < -0.4 is 16.0 Å². The number of carbonyl (C=O) groups excluding carboxylic acids is 3.